The molecule has 0 aliphatic rings. The molecule has 0 fully saturated rings. The minimum atomic E-state index is -0.419. The third-order valence-electron chi connectivity index (χ3n) is 0.145. The molecule has 7 heavy (non-hydrogen) atoms. The Morgan fingerprint density at radius 2 is 1.86 bits per heavy atom. The van der Waals surface area contributed by atoms with E-state index in [4.69, 9.17) is 0 Å². The Morgan fingerprint density at radius 1 is 1.71 bits per heavy atom. The number of carbonyl (C=O) groups is 1. The molecule has 0 saturated carbocycles. The topological polar surface area (TPSA) is 17.1 Å². The van der Waals surface area contributed by atoms with Crippen LogP contribution in [0.4, 0.5) is 0 Å². The first-order chi connectivity index (χ1) is 2.27. The largest absolute Gasteiger partial charge is 0 e. The van der Waals surface area contributed by atoms with Crippen LogP contribution in [-0.4, -0.2) is 4.68 Å². The second kappa shape index (κ2) is 10.1. The van der Waals surface area contributed by atoms with E-state index in [1.807, 2.05) is 0 Å². The van der Waals surface area contributed by atoms with E-state index >= 15 is 0 Å². The van der Waals surface area contributed by atoms with Crippen molar-refractivity contribution in [3.63, 3.8) is 0 Å². The van der Waals surface area contributed by atoms with Gasteiger partial charge in [0, 0.05) is 36.0 Å². The molecular formula is C3H3CuNiOZn. The molecule has 0 spiro atoms. The van der Waals surface area contributed by atoms with Crippen LogP contribution in [0, 0.1) is 0 Å². The molecule has 0 heterocycles. The van der Waals surface area contributed by atoms with Crippen molar-refractivity contribution in [3.05, 3.63) is 12.7 Å². The standard InChI is InChI=1S/C3H3O.Cu.Ni.Zn/c1-2-3-4;;;/h2H,1H2;;;. The third-order valence-corrected chi connectivity index (χ3v) is 0.337. The first-order valence-electron chi connectivity index (χ1n) is 1.05. The van der Waals surface area contributed by atoms with E-state index in [0.29, 0.717) is 0 Å². The van der Waals surface area contributed by atoms with Gasteiger partial charge in [-0.05, 0) is 0 Å². The summed E-state index contributed by atoms with van der Waals surface area (Å²) in [7, 11) is 0. The SMILES string of the molecule is C=C[C](=O)[Cu].[Ni].[Zn]. The van der Waals surface area contributed by atoms with Crippen LogP contribution < -0.4 is 0 Å². The molecule has 0 aromatic rings. The van der Waals surface area contributed by atoms with Crippen molar-refractivity contribution < 1.29 is 56.8 Å². The van der Waals surface area contributed by atoms with Crippen LogP contribution in [0.3, 0.4) is 0 Å². The van der Waals surface area contributed by atoms with Gasteiger partial charge in [-0.3, -0.25) is 0 Å². The first-order valence-corrected chi connectivity index (χ1v) is 1.52. The Labute approximate surface area is 73.8 Å². The average Bonchev–Trinajstić information content (AvgIpc) is 1.38. The van der Waals surface area contributed by atoms with Crippen LogP contribution in [0.25, 0.3) is 0 Å². The smallest absolute Gasteiger partial charge is 0 e. The van der Waals surface area contributed by atoms with E-state index in [9.17, 15) is 4.79 Å². The van der Waals surface area contributed by atoms with Crippen LogP contribution in [0.15, 0.2) is 12.7 Å². The monoisotopic (exact) mass is 240 g/mol. The molecule has 0 aliphatic heterocycles. The van der Waals surface area contributed by atoms with Gasteiger partial charge in [-0.2, -0.15) is 0 Å². The molecule has 1 nitrogen and oxygen atoms in total. The fourth-order valence-corrected chi connectivity index (χ4v) is 0. The summed E-state index contributed by atoms with van der Waals surface area (Å²) in [6.45, 7) is 3.10. The molecule has 0 radical (unpaired) electrons. The van der Waals surface area contributed by atoms with Crippen LogP contribution in [0.1, 0.15) is 0 Å². The minimum Gasteiger partial charge on any atom is 0 e. The van der Waals surface area contributed by atoms with Gasteiger partial charge < -0.3 is 0 Å². The van der Waals surface area contributed by atoms with Crippen molar-refractivity contribution in [1.29, 1.82) is 0 Å². The summed E-state index contributed by atoms with van der Waals surface area (Å²) < 4.78 is -0.419. The number of hydrogen-bond acceptors (Lipinski definition) is 1. The Kier molecular flexibility index (Phi) is 22.7. The molecule has 0 bridgehead atoms. The van der Waals surface area contributed by atoms with Crippen LogP contribution in [-0.2, 0) is 56.8 Å². The van der Waals surface area contributed by atoms with Gasteiger partial charge >= 0.3 is 38.1 Å². The molecule has 0 rings (SSSR count). The predicted molar refractivity (Wildman–Crippen MR) is 15.2 cm³/mol. The zero-order chi connectivity index (χ0) is 4.28. The zero-order valence-electron chi connectivity index (χ0n) is 3.52. The van der Waals surface area contributed by atoms with Crippen molar-refractivity contribution in [1.82, 2.24) is 0 Å². The maximum Gasteiger partial charge on any atom is 0 e. The quantitative estimate of drug-likeness (QED) is 0.476. The van der Waals surface area contributed by atoms with E-state index in [1.165, 1.54) is 0 Å². The zero-order valence-corrected chi connectivity index (χ0v) is 8.41. The first kappa shape index (κ1) is 15.7. The van der Waals surface area contributed by atoms with Gasteiger partial charge in [0.15, 0.2) is 0 Å². The molecular weight excluding hydrogens is 240 g/mol. The molecule has 0 atom stereocenters. The summed E-state index contributed by atoms with van der Waals surface area (Å²) >= 11 is 4.15. The molecule has 0 aromatic heterocycles. The molecule has 0 aromatic carbocycles. The van der Waals surface area contributed by atoms with Crippen molar-refractivity contribution in [2.24, 2.45) is 0 Å². The van der Waals surface area contributed by atoms with Gasteiger partial charge in [-0.15, -0.1) is 0 Å². The molecule has 0 saturated heterocycles. The molecule has 0 N–H and O–H groups in total. The average molecular weight is 243 g/mol. The number of rotatable bonds is 1. The van der Waals surface area contributed by atoms with E-state index in [-0.39, 0.29) is 36.0 Å². The third kappa shape index (κ3) is 19.3. The Morgan fingerprint density at radius 3 is 1.86 bits per heavy atom. The van der Waals surface area contributed by atoms with E-state index in [0.717, 1.165) is 6.08 Å². The van der Waals surface area contributed by atoms with Gasteiger partial charge in [0.2, 0.25) is 0 Å². The minimum absolute atomic E-state index is 0. The van der Waals surface area contributed by atoms with Crippen LogP contribution in [0.2, 0.25) is 0 Å². The fraction of sp³-hybridized carbons (Fsp3) is 0. The van der Waals surface area contributed by atoms with E-state index in [1.54, 1.807) is 0 Å². The van der Waals surface area contributed by atoms with Crippen molar-refractivity contribution in [2.75, 3.05) is 0 Å². The maximum atomic E-state index is 9.50. The molecule has 0 amide bonds. The fourth-order valence-electron chi connectivity index (χ4n) is 0. The number of carbonyl (C=O) groups excluding carboxylic acids is 1. The molecule has 4 heteroatoms. The van der Waals surface area contributed by atoms with E-state index < -0.39 is 4.68 Å². The second-order valence-electron chi connectivity index (χ2n) is 0.471. The summed E-state index contributed by atoms with van der Waals surface area (Å²) in [4.78, 5) is 9.50. The summed E-state index contributed by atoms with van der Waals surface area (Å²) in [5.41, 5.74) is 0. The van der Waals surface area contributed by atoms with Crippen LogP contribution >= 0.6 is 0 Å². The number of allylic oxidation sites excluding steroid dienone is 1. The Bertz CT molecular complexity index is 66.0. The number of hydrogen-bond donors (Lipinski definition) is 0. The molecule has 0 unspecified atom stereocenters. The summed E-state index contributed by atoms with van der Waals surface area (Å²) in [6, 6.07) is 0. The van der Waals surface area contributed by atoms with Gasteiger partial charge in [-0.1, -0.05) is 0 Å². The summed E-state index contributed by atoms with van der Waals surface area (Å²) in [6.07, 6.45) is 1.08. The normalized spacial score (nSPS) is 4.86. The van der Waals surface area contributed by atoms with Crippen molar-refractivity contribution in [2.45, 2.75) is 0 Å². The molecule has 44 valence electrons. The molecule has 0 aliphatic carbocycles. The summed E-state index contributed by atoms with van der Waals surface area (Å²) in [5.74, 6) is 0. The summed E-state index contributed by atoms with van der Waals surface area (Å²) in [5, 5.41) is 0. The predicted octanol–water partition coefficient (Wildman–Crippen LogP) is 0.241. The van der Waals surface area contributed by atoms with Gasteiger partial charge in [-0.25, -0.2) is 0 Å². The van der Waals surface area contributed by atoms with Gasteiger partial charge in [0.1, 0.15) is 0 Å². The van der Waals surface area contributed by atoms with Crippen LogP contribution in [0.5, 0.6) is 0 Å². The van der Waals surface area contributed by atoms with Gasteiger partial charge in [0.05, 0.1) is 0 Å². The van der Waals surface area contributed by atoms with Crippen molar-refractivity contribution in [3.8, 4) is 0 Å². The second-order valence-corrected chi connectivity index (χ2v) is 0.935. The maximum absolute atomic E-state index is 9.50. The van der Waals surface area contributed by atoms with Crippen molar-refractivity contribution >= 4 is 4.68 Å². The Balaban J connectivity index is -0.0000000800. The Hall–Kier alpha value is 1.05. The van der Waals surface area contributed by atoms with Gasteiger partial charge in [0.25, 0.3) is 0 Å². The van der Waals surface area contributed by atoms with E-state index in [2.05, 4.69) is 22.6 Å².